The van der Waals surface area contributed by atoms with Crippen LogP contribution in [0.25, 0.3) is 0 Å². The van der Waals surface area contributed by atoms with E-state index in [0.29, 0.717) is 11.1 Å². The molecule has 1 unspecified atom stereocenters. The number of nitro benzene ring substituents is 3. The first-order chi connectivity index (χ1) is 15.7. The van der Waals surface area contributed by atoms with Gasteiger partial charge in [0.1, 0.15) is 6.17 Å². The minimum Gasteiger partial charge on any atom is -0.326 e. The van der Waals surface area contributed by atoms with Crippen LogP contribution in [0.1, 0.15) is 27.7 Å². The molecule has 3 rings (SSSR count). The van der Waals surface area contributed by atoms with Crippen molar-refractivity contribution >= 4 is 29.2 Å². The summed E-state index contributed by atoms with van der Waals surface area (Å²) in [5.41, 5.74) is 0.711. The van der Waals surface area contributed by atoms with Crippen LogP contribution < -0.4 is 5.32 Å². The van der Waals surface area contributed by atoms with Crippen molar-refractivity contribution in [2.75, 3.05) is 0 Å². The van der Waals surface area contributed by atoms with Crippen molar-refractivity contribution in [2.24, 2.45) is 4.99 Å². The van der Waals surface area contributed by atoms with Crippen LogP contribution in [0.5, 0.6) is 0 Å². The number of aliphatic imine (C=N–C) groups is 1. The summed E-state index contributed by atoms with van der Waals surface area (Å²) in [5, 5.41) is 35.2. The van der Waals surface area contributed by atoms with E-state index in [9.17, 15) is 35.1 Å². The molecular formula is C21H15N5O7. The minimum absolute atomic E-state index is 0.0921. The van der Waals surface area contributed by atoms with Gasteiger partial charge in [-0.1, -0.05) is 0 Å². The first kappa shape index (κ1) is 22.7. The number of nitrogens with one attached hydrogen (secondary N) is 1. The molecule has 3 aromatic rings. The average molecular weight is 449 g/mol. The highest BCUT2D eigenvalue weighted by atomic mass is 16.6. The molecule has 0 aliphatic carbocycles. The zero-order chi connectivity index (χ0) is 24.0. The van der Waals surface area contributed by atoms with Gasteiger partial charge in [-0.2, -0.15) is 0 Å². The minimum atomic E-state index is -0.955. The zero-order valence-electron chi connectivity index (χ0n) is 16.7. The normalized spacial score (nSPS) is 11.6. The summed E-state index contributed by atoms with van der Waals surface area (Å²) in [6.45, 7) is 0. The Morgan fingerprint density at radius 3 is 1.61 bits per heavy atom. The predicted octanol–water partition coefficient (Wildman–Crippen LogP) is 3.96. The topological polar surface area (TPSA) is 171 Å². The van der Waals surface area contributed by atoms with Gasteiger partial charge in [-0.15, -0.1) is 0 Å². The molecule has 1 amide bonds. The number of benzene rings is 3. The summed E-state index contributed by atoms with van der Waals surface area (Å²) >= 11 is 0. The molecule has 0 spiro atoms. The number of nitro groups is 3. The second-order valence-corrected chi connectivity index (χ2v) is 6.66. The quantitative estimate of drug-likeness (QED) is 0.308. The standard InChI is InChI=1S/C21H15N5O7/c27-21(16-5-11-19(12-6-16)26(32)33)23-20(15-3-9-18(10-4-15)25(30)31)22-13-14-1-7-17(8-2-14)24(28)29/h1-13,20H,(H,23,27)/b22-13+. The van der Waals surface area contributed by atoms with Gasteiger partial charge >= 0.3 is 0 Å². The first-order valence-corrected chi connectivity index (χ1v) is 9.32. The van der Waals surface area contributed by atoms with Crippen LogP contribution in [0, 0.1) is 30.3 Å². The molecule has 3 aromatic carbocycles. The van der Waals surface area contributed by atoms with E-state index in [4.69, 9.17) is 0 Å². The van der Waals surface area contributed by atoms with Crippen molar-refractivity contribution in [1.82, 2.24) is 5.32 Å². The number of rotatable bonds is 8. The van der Waals surface area contributed by atoms with Crippen molar-refractivity contribution < 1.29 is 19.6 Å². The van der Waals surface area contributed by atoms with Gasteiger partial charge in [-0.25, -0.2) is 0 Å². The number of carbonyl (C=O) groups is 1. The third-order valence-corrected chi connectivity index (χ3v) is 4.50. The number of hydrogen-bond donors (Lipinski definition) is 1. The van der Waals surface area contributed by atoms with E-state index in [1.165, 1.54) is 79.0 Å². The molecule has 33 heavy (non-hydrogen) atoms. The summed E-state index contributed by atoms with van der Waals surface area (Å²) in [4.78, 5) is 47.8. The number of non-ortho nitro benzene ring substituents is 3. The lowest BCUT2D eigenvalue weighted by Gasteiger charge is -2.15. The van der Waals surface area contributed by atoms with Gasteiger partial charge in [0.15, 0.2) is 0 Å². The summed E-state index contributed by atoms with van der Waals surface area (Å²) < 4.78 is 0. The summed E-state index contributed by atoms with van der Waals surface area (Å²) in [7, 11) is 0. The fraction of sp³-hybridized carbons (Fsp3) is 0.0476. The highest BCUT2D eigenvalue weighted by molar-refractivity contribution is 5.94. The molecule has 0 fully saturated rings. The van der Waals surface area contributed by atoms with Crippen molar-refractivity contribution in [1.29, 1.82) is 0 Å². The molecule has 0 saturated heterocycles. The first-order valence-electron chi connectivity index (χ1n) is 9.32. The molecule has 12 heteroatoms. The van der Waals surface area contributed by atoms with Crippen molar-refractivity contribution in [2.45, 2.75) is 6.17 Å². The van der Waals surface area contributed by atoms with E-state index in [1.807, 2.05) is 0 Å². The molecule has 0 saturated carbocycles. The molecular weight excluding hydrogens is 434 g/mol. The number of carbonyl (C=O) groups excluding carboxylic acids is 1. The Hall–Kier alpha value is -5.00. The van der Waals surface area contributed by atoms with E-state index in [2.05, 4.69) is 10.3 Å². The smallest absolute Gasteiger partial charge is 0.269 e. The SMILES string of the molecule is O=C(NC(/N=C/c1ccc([N+](=O)[O-])cc1)c1ccc([N+](=O)[O-])cc1)c1ccc([N+](=O)[O-])cc1. The van der Waals surface area contributed by atoms with Crippen LogP contribution in [-0.4, -0.2) is 26.9 Å². The van der Waals surface area contributed by atoms with Crippen LogP contribution in [0.4, 0.5) is 17.1 Å². The van der Waals surface area contributed by atoms with Crippen LogP contribution in [0.3, 0.4) is 0 Å². The lowest BCUT2D eigenvalue weighted by atomic mass is 10.1. The molecule has 0 aromatic heterocycles. The Bertz CT molecular complexity index is 1220. The molecule has 1 atom stereocenters. The molecule has 166 valence electrons. The molecule has 0 bridgehead atoms. The summed E-state index contributed by atoms with van der Waals surface area (Å²) in [6.07, 6.45) is 0.440. The molecule has 1 N–H and O–H groups in total. The Morgan fingerprint density at radius 2 is 1.15 bits per heavy atom. The number of hydrogen-bond acceptors (Lipinski definition) is 8. The molecule has 12 nitrogen and oxygen atoms in total. The Morgan fingerprint density at radius 1 is 0.727 bits per heavy atom. The van der Waals surface area contributed by atoms with E-state index >= 15 is 0 Å². The lowest BCUT2D eigenvalue weighted by molar-refractivity contribution is -0.385. The predicted molar refractivity (Wildman–Crippen MR) is 117 cm³/mol. The molecule has 0 radical (unpaired) electrons. The van der Waals surface area contributed by atoms with E-state index in [0.717, 1.165) is 0 Å². The fourth-order valence-electron chi connectivity index (χ4n) is 2.77. The Labute approximate surface area is 185 Å². The fourth-order valence-corrected chi connectivity index (χ4v) is 2.77. The maximum absolute atomic E-state index is 12.7. The van der Waals surface area contributed by atoms with Gasteiger partial charge in [0.2, 0.25) is 0 Å². The summed E-state index contributed by atoms with van der Waals surface area (Å²) in [6, 6.07) is 15.9. The monoisotopic (exact) mass is 449 g/mol. The molecule has 0 aliphatic heterocycles. The van der Waals surface area contributed by atoms with E-state index < -0.39 is 26.8 Å². The highest BCUT2D eigenvalue weighted by Crippen LogP contribution is 2.21. The molecule has 0 aliphatic rings. The van der Waals surface area contributed by atoms with Crippen molar-refractivity contribution in [3.8, 4) is 0 Å². The van der Waals surface area contributed by atoms with Gasteiger partial charge in [-0.05, 0) is 47.5 Å². The van der Waals surface area contributed by atoms with Crippen LogP contribution in [-0.2, 0) is 0 Å². The third kappa shape index (κ3) is 5.79. The van der Waals surface area contributed by atoms with Crippen LogP contribution in [0.15, 0.2) is 77.8 Å². The zero-order valence-corrected chi connectivity index (χ0v) is 16.7. The largest absolute Gasteiger partial charge is 0.326 e. The van der Waals surface area contributed by atoms with Gasteiger partial charge in [0.05, 0.1) is 14.8 Å². The second kappa shape index (κ2) is 9.87. The highest BCUT2D eigenvalue weighted by Gasteiger charge is 2.17. The second-order valence-electron chi connectivity index (χ2n) is 6.66. The summed E-state index contributed by atoms with van der Waals surface area (Å²) in [5.74, 6) is -0.575. The average Bonchev–Trinajstić information content (AvgIpc) is 2.82. The van der Waals surface area contributed by atoms with Gasteiger partial charge in [-0.3, -0.25) is 40.1 Å². The van der Waals surface area contributed by atoms with Crippen LogP contribution >= 0.6 is 0 Å². The third-order valence-electron chi connectivity index (χ3n) is 4.50. The van der Waals surface area contributed by atoms with Crippen molar-refractivity contribution in [3.05, 3.63) is 120 Å². The van der Waals surface area contributed by atoms with Crippen molar-refractivity contribution in [3.63, 3.8) is 0 Å². The van der Waals surface area contributed by atoms with Gasteiger partial charge in [0.25, 0.3) is 23.0 Å². The van der Waals surface area contributed by atoms with E-state index in [-0.39, 0.29) is 22.6 Å². The van der Waals surface area contributed by atoms with Gasteiger partial charge < -0.3 is 5.32 Å². The number of nitrogens with zero attached hydrogens (tertiary/aromatic N) is 4. The Kier molecular flexibility index (Phi) is 6.78. The lowest BCUT2D eigenvalue weighted by Crippen LogP contribution is -2.27. The number of amides is 1. The Balaban J connectivity index is 1.87. The molecule has 0 heterocycles. The van der Waals surface area contributed by atoms with E-state index in [1.54, 1.807) is 0 Å². The maximum atomic E-state index is 12.7. The maximum Gasteiger partial charge on any atom is 0.269 e. The van der Waals surface area contributed by atoms with Gasteiger partial charge in [0, 0.05) is 48.2 Å². The van der Waals surface area contributed by atoms with Crippen LogP contribution in [0.2, 0.25) is 0 Å².